The molecule has 0 aliphatic carbocycles. The molecule has 2 aromatic heterocycles. The Kier molecular flexibility index (Phi) is 4.39. The molecule has 2 heterocycles. The first kappa shape index (κ1) is 16.9. The molecule has 130 valence electrons. The molecule has 25 heavy (non-hydrogen) atoms. The number of benzene rings is 1. The fraction of sp³-hybridized carbons (Fsp3) is 0.333. The largest absolute Gasteiger partial charge is 0.340 e. The number of pyridine rings is 1. The standard InChI is InChI=1S/C18H20N4O3/c1-11(2)9-13-5-4-6-14-17(13)20-16(19-14)10-21-12(3)7-8-15(18(21)23)22(24)25/h4-8,11H,9-10H2,1-3H3,(H,19,20). The second-order valence-corrected chi connectivity index (χ2v) is 6.60. The minimum atomic E-state index is -0.655. The van der Waals surface area contributed by atoms with Crippen molar-refractivity contribution in [2.24, 2.45) is 5.92 Å². The van der Waals surface area contributed by atoms with Crippen LogP contribution in [0.5, 0.6) is 0 Å². The Bertz CT molecular complexity index is 1000. The normalized spacial score (nSPS) is 11.4. The zero-order valence-electron chi connectivity index (χ0n) is 14.4. The number of imidazole rings is 1. The zero-order chi connectivity index (χ0) is 18.1. The van der Waals surface area contributed by atoms with Gasteiger partial charge in [0, 0.05) is 11.8 Å². The van der Waals surface area contributed by atoms with E-state index in [4.69, 9.17) is 0 Å². The van der Waals surface area contributed by atoms with E-state index < -0.39 is 16.2 Å². The summed E-state index contributed by atoms with van der Waals surface area (Å²) in [6.07, 6.45) is 0.914. The van der Waals surface area contributed by atoms with E-state index in [1.807, 2.05) is 12.1 Å². The van der Waals surface area contributed by atoms with Gasteiger partial charge in [-0.25, -0.2) is 4.98 Å². The average molecular weight is 340 g/mol. The number of fused-ring (bicyclic) bond motifs is 1. The topological polar surface area (TPSA) is 93.8 Å². The van der Waals surface area contributed by atoms with Crippen molar-refractivity contribution in [3.63, 3.8) is 0 Å². The van der Waals surface area contributed by atoms with Gasteiger partial charge in [0.05, 0.1) is 22.5 Å². The first-order chi connectivity index (χ1) is 11.9. The van der Waals surface area contributed by atoms with Gasteiger partial charge in [-0.15, -0.1) is 0 Å². The van der Waals surface area contributed by atoms with E-state index in [-0.39, 0.29) is 6.54 Å². The summed E-state index contributed by atoms with van der Waals surface area (Å²) < 4.78 is 1.37. The monoisotopic (exact) mass is 340 g/mol. The summed E-state index contributed by atoms with van der Waals surface area (Å²) in [6.45, 7) is 6.22. The molecule has 0 radical (unpaired) electrons. The summed E-state index contributed by atoms with van der Waals surface area (Å²) in [5.74, 6) is 1.12. The van der Waals surface area contributed by atoms with Crippen LogP contribution in [0.3, 0.4) is 0 Å². The molecule has 0 unspecified atom stereocenters. The number of nitrogens with one attached hydrogen (secondary N) is 1. The molecule has 0 aliphatic heterocycles. The highest BCUT2D eigenvalue weighted by atomic mass is 16.6. The molecule has 1 aromatic carbocycles. The Morgan fingerprint density at radius 3 is 2.72 bits per heavy atom. The van der Waals surface area contributed by atoms with Crippen molar-refractivity contribution >= 4 is 16.7 Å². The van der Waals surface area contributed by atoms with E-state index in [9.17, 15) is 14.9 Å². The smallest absolute Gasteiger partial charge is 0.334 e. The van der Waals surface area contributed by atoms with Crippen LogP contribution >= 0.6 is 0 Å². The van der Waals surface area contributed by atoms with E-state index in [0.29, 0.717) is 17.4 Å². The second kappa shape index (κ2) is 6.51. The first-order valence-corrected chi connectivity index (χ1v) is 8.18. The molecule has 7 heteroatoms. The third-order valence-corrected chi connectivity index (χ3v) is 4.15. The van der Waals surface area contributed by atoms with Crippen LogP contribution in [0, 0.1) is 23.0 Å². The van der Waals surface area contributed by atoms with E-state index in [1.54, 1.807) is 13.0 Å². The van der Waals surface area contributed by atoms with Crippen LogP contribution in [0.2, 0.25) is 0 Å². The number of aromatic amines is 1. The lowest BCUT2D eigenvalue weighted by Gasteiger charge is -2.07. The molecule has 0 atom stereocenters. The number of para-hydroxylation sites is 1. The van der Waals surface area contributed by atoms with E-state index in [2.05, 4.69) is 29.9 Å². The minimum Gasteiger partial charge on any atom is -0.340 e. The number of aromatic nitrogens is 3. The highest BCUT2D eigenvalue weighted by Crippen LogP contribution is 2.20. The lowest BCUT2D eigenvalue weighted by atomic mass is 10.0. The zero-order valence-corrected chi connectivity index (χ0v) is 14.4. The molecule has 0 amide bonds. The molecule has 0 spiro atoms. The summed E-state index contributed by atoms with van der Waals surface area (Å²) in [6, 6.07) is 8.79. The number of nitrogens with zero attached hydrogens (tertiary/aromatic N) is 3. The van der Waals surface area contributed by atoms with Crippen molar-refractivity contribution in [1.82, 2.24) is 14.5 Å². The third kappa shape index (κ3) is 3.31. The van der Waals surface area contributed by atoms with E-state index >= 15 is 0 Å². The van der Waals surface area contributed by atoms with Crippen molar-refractivity contribution in [2.75, 3.05) is 0 Å². The van der Waals surface area contributed by atoms with Crippen LogP contribution in [0.4, 0.5) is 5.69 Å². The molecule has 3 rings (SSSR count). The van der Waals surface area contributed by atoms with Crippen LogP contribution in [0.25, 0.3) is 11.0 Å². The minimum absolute atomic E-state index is 0.169. The van der Waals surface area contributed by atoms with Gasteiger partial charge < -0.3 is 4.98 Å². The lowest BCUT2D eigenvalue weighted by molar-refractivity contribution is -0.386. The van der Waals surface area contributed by atoms with Crippen LogP contribution in [-0.2, 0) is 13.0 Å². The molecule has 3 aromatic rings. The molecule has 0 aliphatic rings. The van der Waals surface area contributed by atoms with Crippen molar-refractivity contribution in [2.45, 2.75) is 33.7 Å². The average Bonchev–Trinajstić information content (AvgIpc) is 2.94. The van der Waals surface area contributed by atoms with E-state index in [1.165, 1.54) is 10.6 Å². The highest BCUT2D eigenvalue weighted by molar-refractivity contribution is 5.78. The molecule has 0 fully saturated rings. The Balaban J connectivity index is 2.03. The third-order valence-electron chi connectivity index (χ3n) is 4.15. The molecule has 0 saturated heterocycles. The summed E-state index contributed by atoms with van der Waals surface area (Å²) in [4.78, 5) is 30.5. The van der Waals surface area contributed by atoms with Gasteiger partial charge in [0.2, 0.25) is 0 Å². The number of hydrogen-bond acceptors (Lipinski definition) is 4. The number of nitro groups is 1. The van der Waals surface area contributed by atoms with Crippen LogP contribution in [-0.4, -0.2) is 19.5 Å². The fourth-order valence-electron chi connectivity index (χ4n) is 2.97. The van der Waals surface area contributed by atoms with Crippen LogP contribution in [0.15, 0.2) is 35.1 Å². The Morgan fingerprint density at radius 1 is 1.28 bits per heavy atom. The predicted molar refractivity (Wildman–Crippen MR) is 95.8 cm³/mol. The Labute approximate surface area is 144 Å². The highest BCUT2D eigenvalue weighted by Gasteiger charge is 2.17. The lowest BCUT2D eigenvalue weighted by Crippen LogP contribution is -2.25. The maximum absolute atomic E-state index is 12.3. The van der Waals surface area contributed by atoms with Crippen LogP contribution < -0.4 is 5.56 Å². The van der Waals surface area contributed by atoms with Gasteiger partial charge in [0.15, 0.2) is 0 Å². The molecular weight excluding hydrogens is 320 g/mol. The van der Waals surface area contributed by atoms with Gasteiger partial charge in [-0.2, -0.15) is 0 Å². The van der Waals surface area contributed by atoms with Gasteiger partial charge in [-0.3, -0.25) is 19.5 Å². The van der Waals surface area contributed by atoms with Crippen molar-refractivity contribution < 1.29 is 4.92 Å². The second-order valence-electron chi connectivity index (χ2n) is 6.60. The summed E-state index contributed by atoms with van der Waals surface area (Å²) in [5, 5.41) is 11.0. The first-order valence-electron chi connectivity index (χ1n) is 8.18. The maximum atomic E-state index is 12.3. The van der Waals surface area contributed by atoms with Crippen molar-refractivity contribution in [3.05, 3.63) is 67.9 Å². The number of hydrogen-bond donors (Lipinski definition) is 1. The number of H-pyrrole nitrogens is 1. The summed E-state index contributed by atoms with van der Waals surface area (Å²) >= 11 is 0. The summed E-state index contributed by atoms with van der Waals surface area (Å²) in [7, 11) is 0. The van der Waals surface area contributed by atoms with Gasteiger partial charge in [0.1, 0.15) is 5.82 Å². The molecule has 1 N–H and O–H groups in total. The molecule has 0 bridgehead atoms. The molecular formula is C18H20N4O3. The number of aryl methyl sites for hydroxylation is 1. The van der Waals surface area contributed by atoms with Crippen molar-refractivity contribution in [3.8, 4) is 0 Å². The molecule has 7 nitrogen and oxygen atoms in total. The van der Waals surface area contributed by atoms with E-state index in [0.717, 1.165) is 23.0 Å². The van der Waals surface area contributed by atoms with Crippen molar-refractivity contribution in [1.29, 1.82) is 0 Å². The van der Waals surface area contributed by atoms with Gasteiger partial charge in [-0.1, -0.05) is 26.0 Å². The maximum Gasteiger partial charge on any atom is 0.334 e. The van der Waals surface area contributed by atoms with Crippen LogP contribution in [0.1, 0.15) is 30.9 Å². The van der Waals surface area contributed by atoms with Gasteiger partial charge in [-0.05, 0) is 37.0 Å². The fourth-order valence-corrected chi connectivity index (χ4v) is 2.97. The summed E-state index contributed by atoms with van der Waals surface area (Å²) in [5.41, 5.74) is 2.55. The Morgan fingerprint density at radius 2 is 2.04 bits per heavy atom. The molecule has 0 saturated carbocycles. The Hall–Kier alpha value is -2.96. The predicted octanol–water partition coefficient (Wildman–Crippen LogP) is 3.19. The number of rotatable bonds is 5. The SMILES string of the molecule is Cc1ccc([N+](=O)[O-])c(=O)n1Cc1nc2c(CC(C)C)cccc2[nH]1. The van der Waals surface area contributed by atoms with Gasteiger partial charge >= 0.3 is 11.2 Å². The van der Waals surface area contributed by atoms with Gasteiger partial charge in [0.25, 0.3) is 0 Å². The quantitative estimate of drug-likeness (QED) is 0.570.